The zero-order chi connectivity index (χ0) is 26.9. The molecule has 1 aromatic heterocycles. The number of carboxylic acid groups (broad SMARTS) is 1. The lowest BCUT2D eigenvalue weighted by atomic mass is 9.79. The van der Waals surface area contributed by atoms with E-state index in [1.165, 1.54) is 5.56 Å². The summed E-state index contributed by atoms with van der Waals surface area (Å²) < 4.78 is 5.38. The van der Waals surface area contributed by atoms with Crippen molar-refractivity contribution in [3.8, 4) is 5.75 Å². The Hall–Kier alpha value is -2.67. The Bertz CT molecular complexity index is 1190. The van der Waals surface area contributed by atoms with Crippen molar-refractivity contribution in [1.82, 2.24) is 9.88 Å². The van der Waals surface area contributed by atoms with Crippen LogP contribution in [0.25, 0.3) is 10.9 Å². The number of halogens is 1. The number of likely N-dealkylation sites (tertiary alicyclic amines) is 1. The lowest BCUT2D eigenvalue weighted by molar-refractivity contribution is -0.137. The van der Waals surface area contributed by atoms with Gasteiger partial charge in [0.2, 0.25) is 0 Å². The fourth-order valence-electron chi connectivity index (χ4n) is 5.78. The minimum atomic E-state index is -0.735. The van der Waals surface area contributed by atoms with Gasteiger partial charge in [-0.3, -0.25) is 9.78 Å². The van der Waals surface area contributed by atoms with E-state index in [2.05, 4.69) is 22.0 Å². The number of aliphatic hydroxyl groups is 1. The maximum atomic E-state index is 11.3. The molecule has 3 atom stereocenters. The molecule has 0 amide bonds. The van der Waals surface area contributed by atoms with Gasteiger partial charge in [-0.1, -0.05) is 23.7 Å². The number of ether oxygens (including phenoxy) is 1. The van der Waals surface area contributed by atoms with E-state index < -0.39 is 12.1 Å². The Morgan fingerprint density at radius 2 is 1.95 bits per heavy atom. The summed E-state index contributed by atoms with van der Waals surface area (Å²) in [5.74, 6) is 0.754. The van der Waals surface area contributed by atoms with Gasteiger partial charge in [-0.2, -0.15) is 0 Å². The van der Waals surface area contributed by atoms with Crippen LogP contribution in [-0.2, 0) is 11.2 Å². The number of rotatable bonds is 13. The van der Waals surface area contributed by atoms with Gasteiger partial charge in [0.05, 0.1) is 18.7 Å². The van der Waals surface area contributed by atoms with Gasteiger partial charge in [-0.15, -0.1) is 0 Å². The van der Waals surface area contributed by atoms with Crippen LogP contribution < -0.4 is 4.74 Å². The van der Waals surface area contributed by atoms with Crippen molar-refractivity contribution in [3.63, 3.8) is 0 Å². The second-order valence-electron chi connectivity index (χ2n) is 10.5. The van der Waals surface area contributed by atoms with Gasteiger partial charge >= 0.3 is 5.97 Å². The SMILES string of the molecule is COc1ccc2nccc([C@H](O)CC[C@@H]3CCN(CCCCc4ccc(Cl)cc4)C[C@H]3CCC(=O)O)c2c1. The van der Waals surface area contributed by atoms with Gasteiger partial charge in [0.1, 0.15) is 5.75 Å². The summed E-state index contributed by atoms with van der Waals surface area (Å²) in [5, 5.41) is 22.1. The fraction of sp³-hybridized carbons (Fsp3) is 0.484. The summed E-state index contributed by atoms with van der Waals surface area (Å²) in [6.45, 7) is 3.00. The van der Waals surface area contributed by atoms with Crippen molar-refractivity contribution in [3.05, 3.63) is 70.9 Å². The van der Waals surface area contributed by atoms with Crippen LogP contribution in [0.15, 0.2) is 54.7 Å². The molecule has 1 saturated heterocycles. The standard InChI is InChI=1S/C31H39ClN2O4/c1-38-26-11-12-29-28(20-26)27(15-17-33-29)30(35)13-7-23-16-19-34(21-24(23)8-14-31(36)37)18-3-2-4-22-5-9-25(32)10-6-22/h5-6,9-12,15,17,20,23-24,30,35H,2-4,7-8,13-14,16,18-19,21H2,1H3,(H,36,37)/t23-,24-,30-/m1/s1. The molecule has 0 aliphatic carbocycles. The molecule has 2 heterocycles. The maximum Gasteiger partial charge on any atom is 0.303 e. The summed E-state index contributed by atoms with van der Waals surface area (Å²) >= 11 is 5.99. The Kier molecular flexibility index (Phi) is 10.4. The highest BCUT2D eigenvalue weighted by molar-refractivity contribution is 6.30. The van der Waals surface area contributed by atoms with Crippen LogP contribution in [0, 0.1) is 11.8 Å². The molecule has 6 nitrogen and oxygen atoms in total. The molecular formula is C31H39ClN2O4. The molecule has 7 heteroatoms. The Morgan fingerprint density at radius 3 is 2.71 bits per heavy atom. The molecule has 0 saturated carbocycles. The van der Waals surface area contributed by atoms with E-state index >= 15 is 0 Å². The molecule has 0 unspecified atom stereocenters. The predicted octanol–water partition coefficient (Wildman–Crippen LogP) is 6.54. The first kappa shape index (κ1) is 28.3. The summed E-state index contributed by atoms with van der Waals surface area (Å²) in [5.41, 5.74) is 3.02. The maximum absolute atomic E-state index is 11.3. The average molecular weight is 539 g/mol. The highest BCUT2D eigenvalue weighted by Gasteiger charge is 2.30. The van der Waals surface area contributed by atoms with Crippen molar-refractivity contribution in [2.75, 3.05) is 26.7 Å². The van der Waals surface area contributed by atoms with Crippen LogP contribution in [0.5, 0.6) is 5.75 Å². The van der Waals surface area contributed by atoms with Crippen molar-refractivity contribution >= 4 is 28.5 Å². The molecule has 204 valence electrons. The second-order valence-corrected chi connectivity index (χ2v) is 10.9. The third kappa shape index (κ3) is 7.92. The summed E-state index contributed by atoms with van der Waals surface area (Å²) in [7, 11) is 1.64. The molecule has 0 spiro atoms. The number of aliphatic carboxylic acids is 1. The molecule has 1 aliphatic rings. The van der Waals surface area contributed by atoms with E-state index in [0.717, 1.165) is 79.0 Å². The molecule has 1 aliphatic heterocycles. The number of carbonyl (C=O) groups is 1. The molecule has 0 radical (unpaired) electrons. The number of piperidine rings is 1. The number of hydrogen-bond acceptors (Lipinski definition) is 5. The van der Waals surface area contributed by atoms with Crippen LogP contribution in [0.4, 0.5) is 0 Å². The molecular weight excluding hydrogens is 500 g/mol. The van der Waals surface area contributed by atoms with Gasteiger partial charge in [0, 0.05) is 29.6 Å². The van der Waals surface area contributed by atoms with E-state index in [9.17, 15) is 15.0 Å². The molecule has 38 heavy (non-hydrogen) atoms. The van der Waals surface area contributed by atoms with Crippen LogP contribution in [0.1, 0.15) is 62.2 Å². The molecule has 2 N–H and O–H groups in total. The molecule has 3 aromatic rings. The number of carboxylic acids is 1. The van der Waals surface area contributed by atoms with Gasteiger partial charge in [-0.05, 0) is 117 Å². The Labute approximate surface area is 230 Å². The van der Waals surface area contributed by atoms with E-state index in [1.54, 1.807) is 13.3 Å². The first-order chi connectivity index (χ1) is 18.4. The number of fused-ring (bicyclic) bond motifs is 1. The van der Waals surface area contributed by atoms with Gasteiger partial charge in [-0.25, -0.2) is 0 Å². The normalized spacial score (nSPS) is 18.9. The lowest BCUT2D eigenvalue weighted by Gasteiger charge is -2.39. The van der Waals surface area contributed by atoms with Crippen LogP contribution in [0.2, 0.25) is 5.02 Å². The molecule has 4 rings (SSSR count). The monoisotopic (exact) mass is 538 g/mol. The summed E-state index contributed by atoms with van der Waals surface area (Å²) in [4.78, 5) is 18.3. The van der Waals surface area contributed by atoms with Crippen molar-refractivity contribution < 1.29 is 19.7 Å². The van der Waals surface area contributed by atoms with E-state index in [-0.39, 0.29) is 6.42 Å². The van der Waals surface area contributed by atoms with Gasteiger partial charge < -0.3 is 19.8 Å². The van der Waals surface area contributed by atoms with E-state index in [1.807, 2.05) is 36.4 Å². The number of aryl methyl sites for hydroxylation is 1. The zero-order valence-electron chi connectivity index (χ0n) is 22.2. The predicted molar refractivity (Wildman–Crippen MR) is 152 cm³/mol. The minimum absolute atomic E-state index is 0.197. The van der Waals surface area contributed by atoms with Gasteiger partial charge in [0.15, 0.2) is 0 Å². The second kappa shape index (κ2) is 13.9. The quantitative estimate of drug-likeness (QED) is 0.240. The largest absolute Gasteiger partial charge is 0.497 e. The third-order valence-corrected chi connectivity index (χ3v) is 8.21. The Balaban J connectivity index is 1.31. The zero-order valence-corrected chi connectivity index (χ0v) is 22.9. The highest BCUT2D eigenvalue weighted by atomic mass is 35.5. The number of benzene rings is 2. The summed E-state index contributed by atoms with van der Waals surface area (Å²) in [6.07, 6.45) is 7.88. The number of unbranched alkanes of at least 4 members (excludes halogenated alkanes) is 1. The number of methoxy groups -OCH3 is 1. The van der Waals surface area contributed by atoms with E-state index in [0.29, 0.717) is 24.7 Å². The number of aliphatic hydroxyl groups excluding tert-OH is 1. The van der Waals surface area contributed by atoms with Crippen LogP contribution in [-0.4, -0.2) is 52.8 Å². The van der Waals surface area contributed by atoms with Crippen LogP contribution >= 0.6 is 11.6 Å². The van der Waals surface area contributed by atoms with E-state index in [4.69, 9.17) is 16.3 Å². The molecule has 0 bridgehead atoms. The number of aromatic nitrogens is 1. The first-order valence-electron chi connectivity index (χ1n) is 13.7. The minimum Gasteiger partial charge on any atom is -0.497 e. The van der Waals surface area contributed by atoms with Crippen molar-refractivity contribution in [2.24, 2.45) is 11.8 Å². The highest BCUT2D eigenvalue weighted by Crippen LogP contribution is 2.35. The lowest BCUT2D eigenvalue weighted by Crippen LogP contribution is -2.41. The average Bonchev–Trinajstić information content (AvgIpc) is 2.93. The smallest absolute Gasteiger partial charge is 0.303 e. The Morgan fingerprint density at radius 1 is 1.13 bits per heavy atom. The fourth-order valence-corrected chi connectivity index (χ4v) is 5.91. The topological polar surface area (TPSA) is 82.9 Å². The first-order valence-corrected chi connectivity index (χ1v) is 14.1. The third-order valence-electron chi connectivity index (χ3n) is 7.96. The molecule has 1 fully saturated rings. The summed E-state index contributed by atoms with van der Waals surface area (Å²) in [6, 6.07) is 15.7. The van der Waals surface area contributed by atoms with Gasteiger partial charge in [0.25, 0.3) is 0 Å². The molecule has 2 aromatic carbocycles. The number of hydrogen-bond donors (Lipinski definition) is 2. The van der Waals surface area contributed by atoms with Crippen molar-refractivity contribution in [1.29, 1.82) is 0 Å². The number of nitrogens with zero attached hydrogens (tertiary/aromatic N) is 2. The van der Waals surface area contributed by atoms with Crippen LogP contribution in [0.3, 0.4) is 0 Å². The number of pyridine rings is 1. The van der Waals surface area contributed by atoms with Crippen molar-refractivity contribution in [2.45, 2.75) is 57.5 Å².